The lowest BCUT2D eigenvalue weighted by atomic mass is 10.1. The summed E-state index contributed by atoms with van der Waals surface area (Å²) < 4.78 is 2.44. The molecule has 2 unspecified atom stereocenters. The first kappa shape index (κ1) is 11.2. The van der Waals surface area contributed by atoms with E-state index in [1.54, 1.807) is 22.7 Å². The van der Waals surface area contributed by atoms with Gasteiger partial charge < -0.3 is 5.32 Å². The smallest absolute Gasteiger partial charge is 0.261 e. The van der Waals surface area contributed by atoms with Gasteiger partial charge in [-0.3, -0.25) is 4.79 Å². The number of hydrogen-bond acceptors (Lipinski definition) is 3. The highest BCUT2D eigenvalue weighted by molar-refractivity contribution is 7.27. The first-order chi connectivity index (χ1) is 8.22. The third kappa shape index (κ3) is 2.24. The molecule has 3 rings (SSSR count). The van der Waals surface area contributed by atoms with Crippen molar-refractivity contribution in [2.75, 3.05) is 0 Å². The Morgan fingerprint density at radius 2 is 2.29 bits per heavy atom. The largest absolute Gasteiger partial charge is 0.349 e. The Morgan fingerprint density at radius 1 is 1.41 bits per heavy atom. The van der Waals surface area contributed by atoms with Crippen LogP contribution in [0.25, 0.3) is 9.40 Å². The van der Waals surface area contributed by atoms with Crippen molar-refractivity contribution in [1.82, 2.24) is 5.32 Å². The maximum absolute atomic E-state index is 12.1. The SMILES string of the molecule is CC1CCC(NC(=O)c2cc3sccc3s2)C1. The molecule has 1 amide bonds. The molecular formula is C13H15NOS2. The van der Waals surface area contributed by atoms with E-state index in [-0.39, 0.29) is 5.91 Å². The van der Waals surface area contributed by atoms with Crippen LogP contribution in [0, 0.1) is 5.92 Å². The van der Waals surface area contributed by atoms with Crippen LogP contribution in [-0.2, 0) is 0 Å². The molecule has 4 heteroatoms. The van der Waals surface area contributed by atoms with E-state index in [0.717, 1.165) is 23.6 Å². The number of rotatable bonds is 2. The van der Waals surface area contributed by atoms with Gasteiger partial charge in [0.1, 0.15) is 0 Å². The Labute approximate surface area is 109 Å². The number of fused-ring (bicyclic) bond motifs is 1. The highest BCUT2D eigenvalue weighted by Crippen LogP contribution is 2.30. The Bertz CT molecular complexity index is 514. The van der Waals surface area contributed by atoms with Crippen molar-refractivity contribution in [3.05, 3.63) is 22.4 Å². The Hall–Kier alpha value is -0.870. The fourth-order valence-corrected chi connectivity index (χ4v) is 4.48. The third-order valence-corrected chi connectivity index (χ3v) is 5.49. The number of hydrogen-bond donors (Lipinski definition) is 1. The van der Waals surface area contributed by atoms with Gasteiger partial charge in [-0.25, -0.2) is 0 Å². The van der Waals surface area contributed by atoms with Gasteiger partial charge >= 0.3 is 0 Å². The van der Waals surface area contributed by atoms with Crippen LogP contribution in [-0.4, -0.2) is 11.9 Å². The van der Waals surface area contributed by atoms with Crippen molar-refractivity contribution in [3.8, 4) is 0 Å². The second kappa shape index (κ2) is 4.42. The Kier molecular flexibility index (Phi) is 2.92. The van der Waals surface area contributed by atoms with Gasteiger partial charge in [0.2, 0.25) is 0 Å². The van der Waals surface area contributed by atoms with E-state index in [9.17, 15) is 4.79 Å². The molecular weight excluding hydrogens is 250 g/mol. The standard InChI is InChI=1S/C13H15NOS2/c1-8-2-3-9(6-8)14-13(15)12-7-11-10(17-12)4-5-16-11/h4-5,7-9H,2-3,6H2,1H3,(H,14,15). The maximum Gasteiger partial charge on any atom is 0.261 e. The van der Waals surface area contributed by atoms with Crippen LogP contribution in [0.15, 0.2) is 17.5 Å². The van der Waals surface area contributed by atoms with Crippen LogP contribution in [0.4, 0.5) is 0 Å². The molecule has 1 saturated carbocycles. The maximum atomic E-state index is 12.1. The second-order valence-corrected chi connectivity index (χ2v) is 6.88. The first-order valence-corrected chi connectivity index (χ1v) is 7.70. The summed E-state index contributed by atoms with van der Waals surface area (Å²) >= 11 is 3.29. The summed E-state index contributed by atoms with van der Waals surface area (Å²) in [5.74, 6) is 0.865. The lowest BCUT2D eigenvalue weighted by molar-refractivity contribution is 0.0941. The summed E-state index contributed by atoms with van der Waals surface area (Å²) in [4.78, 5) is 12.9. The van der Waals surface area contributed by atoms with E-state index in [0.29, 0.717) is 6.04 Å². The van der Waals surface area contributed by atoms with Crippen molar-refractivity contribution in [3.63, 3.8) is 0 Å². The van der Waals surface area contributed by atoms with E-state index in [4.69, 9.17) is 0 Å². The summed E-state index contributed by atoms with van der Waals surface area (Å²) in [7, 11) is 0. The average Bonchev–Trinajstić information content (AvgIpc) is 2.92. The van der Waals surface area contributed by atoms with Gasteiger partial charge in [0.15, 0.2) is 0 Å². The summed E-state index contributed by atoms with van der Waals surface area (Å²) in [6, 6.07) is 4.48. The number of carbonyl (C=O) groups is 1. The fourth-order valence-electron chi connectivity index (χ4n) is 2.47. The number of carbonyl (C=O) groups excluding carboxylic acids is 1. The molecule has 1 fully saturated rings. The zero-order valence-electron chi connectivity index (χ0n) is 9.73. The topological polar surface area (TPSA) is 29.1 Å². The average molecular weight is 265 g/mol. The van der Waals surface area contributed by atoms with Gasteiger partial charge in [0, 0.05) is 15.4 Å². The lowest BCUT2D eigenvalue weighted by Gasteiger charge is -2.11. The minimum atomic E-state index is 0.109. The summed E-state index contributed by atoms with van der Waals surface area (Å²) in [5, 5.41) is 5.22. The molecule has 2 heterocycles. The van der Waals surface area contributed by atoms with Crippen molar-refractivity contribution in [2.24, 2.45) is 5.92 Å². The van der Waals surface area contributed by atoms with Crippen LogP contribution < -0.4 is 5.32 Å². The lowest BCUT2D eigenvalue weighted by Crippen LogP contribution is -2.32. The molecule has 2 atom stereocenters. The molecule has 0 saturated heterocycles. The number of amides is 1. The molecule has 1 N–H and O–H groups in total. The second-order valence-electron chi connectivity index (χ2n) is 4.85. The van der Waals surface area contributed by atoms with Gasteiger partial charge in [-0.2, -0.15) is 0 Å². The first-order valence-electron chi connectivity index (χ1n) is 6.00. The molecule has 0 radical (unpaired) electrons. The molecule has 1 aliphatic rings. The zero-order chi connectivity index (χ0) is 11.8. The summed E-state index contributed by atoms with van der Waals surface area (Å²) in [5.41, 5.74) is 0. The molecule has 0 spiro atoms. The quantitative estimate of drug-likeness (QED) is 0.877. The van der Waals surface area contributed by atoms with Crippen LogP contribution in [0.2, 0.25) is 0 Å². The van der Waals surface area contributed by atoms with Crippen molar-refractivity contribution >= 4 is 38.0 Å². The number of thiophene rings is 2. The fraction of sp³-hybridized carbons (Fsp3) is 0.462. The number of nitrogens with one attached hydrogen (secondary N) is 1. The van der Waals surface area contributed by atoms with Crippen molar-refractivity contribution in [2.45, 2.75) is 32.2 Å². The van der Waals surface area contributed by atoms with Crippen LogP contribution in [0.1, 0.15) is 35.9 Å². The van der Waals surface area contributed by atoms with E-state index in [1.165, 1.54) is 15.8 Å². The highest BCUT2D eigenvalue weighted by Gasteiger charge is 2.23. The van der Waals surface area contributed by atoms with E-state index in [2.05, 4.69) is 23.7 Å². The monoisotopic (exact) mass is 265 g/mol. The van der Waals surface area contributed by atoms with Crippen LogP contribution in [0.3, 0.4) is 0 Å². The predicted octanol–water partition coefficient (Wildman–Crippen LogP) is 3.88. The summed E-state index contributed by atoms with van der Waals surface area (Å²) in [6.07, 6.45) is 3.50. The van der Waals surface area contributed by atoms with Crippen molar-refractivity contribution in [1.29, 1.82) is 0 Å². The molecule has 2 nitrogen and oxygen atoms in total. The van der Waals surface area contributed by atoms with E-state index < -0.39 is 0 Å². The Balaban J connectivity index is 1.71. The molecule has 90 valence electrons. The van der Waals surface area contributed by atoms with Crippen LogP contribution in [0.5, 0.6) is 0 Å². The molecule has 2 aromatic heterocycles. The van der Waals surface area contributed by atoms with Gasteiger partial charge in [-0.1, -0.05) is 6.92 Å². The van der Waals surface area contributed by atoms with Crippen LogP contribution >= 0.6 is 22.7 Å². The van der Waals surface area contributed by atoms with E-state index in [1.807, 2.05) is 6.07 Å². The van der Waals surface area contributed by atoms with Gasteiger partial charge in [0.25, 0.3) is 5.91 Å². The predicted molar refractivity (Wildman–Crippen MR) is 74.0 cm³/mol. The highest BCUT2D eigenvalue weighted by atomic mass is 32.1. The molecule has 0 aliphatic heterocycles. The van der Waals surface area contributed by atoms with E-state index >= 15 is 0 Å². The summed E-state index contributed by atoms with van der Waals surface area (Å²) in [6.45, 7) is 2.26. The molecule has 0 bridgehead atoms. The Morgan fingerprint density at radius 3 is 3.00 bits per heavy atom. The third-order valence-electron chi connectivity index (χ3n) is 3.39. The minimum absolute atomic E-state index is 0.109. The zero-order valence-corrected chi connectivity index (χ0v) is 11.4. The molecule has 0 aromatic carbocycles. The van der Waals surface area contributed by atoms with Crippen molar-refractivity contribution < 1.29 is 4.79 Å². The molecule has 2 aromatic rings. The van der Waals surface area contributed by atoms with Gasteiger partial charge in [0.05, 0.1) is 4.88 Å². The van der Waals surface area contributed by atoms with Gasteiger partial charge in [-0.15, -0.1) is 22.7 Å². The molecule has 1 aliphatic carbocycles. The minimum Gasteiger partial charge on any atom is -0.349 e. The van der Waals surface area contributed by atoms with Gasteiger partial charge in [-0.05, 0) is 42.7 Å². The normalized spacial score (nSPS) is 24.3. The molecule has 17 heavy (non-hydrogen) atoms.